The Kier molecular flexibility index (Phi) is 1.99. The number of hydrogen-bond donors (Lipinski definition) is 1. The first-order valence-electron chi connectivity index (χ1n) is 5.19. The lowest BCUT2D eigenvalue weighted by Gasteiger charge is -2.37. The molecule has 1 fully saturated rings. The van der Waals surface area contributed by atoms with Gasteiger partial charge in [-0.3, -0.25) is 0 Å². The topological polar surface area (TPSA) is 29.5 Å². The monoisotopic (exact) mass is 218 g/mol. The predicted octanol–water partition coefficient (Wildman–Crippen LogP) is 2.20. The van der Waals surface area contributed by atoms with Gasteiger partial charge in [0.15, 0.2) is 0 Å². The summed E-state index contributed by atoms with van der Waals surface area (Å²) in [6.45, 7) is 0.561. The Morgan fingerprint density at radius 3 is 2.38 bits per heavy atom. The van der Waals surface area contributed by atoms with Gasteiger partial charge in [-0.15, -0.1) is 0 Å². The molecule has 1 heterocycles. The molecule has 0 aromatic heterocycles. The van der Waals surface area contributed by atoms with Gasteiger partial charge in [0.05, 0.1) is 13.2 Å². The van der Waals surface area contributed by atoms with Crippen LogP contribution in [0.4, 0.5) is 4.39 Å². The van der Waals surface area contributed by atoms with Gasteiger partial charge in [0.1, 0.15) is 11.4 Å². The van der Waals surface area contributed by atoms with E-state index in [0.717, 1.165) is 10.9 Å². The third-order valence-corrected chi connectivity index (χ3v) is 3.05. The summed E-state index contributed by atoms with van der Waals surface area (Å²) in [6, 6.07) is 10.2. The molecule has 0 radical (unpaired) electrons. The summed E-state index contributed by atoms with van der Waals surface area (Å²) in [5.41, 5.74) is -0.205. The highest BCUT2D eigenvalue weighted by Gasteiger charge is 2.39. The van der Waals surface area contributed by atoms with E-state index in [0.29, 0.717) is 5.39 Å². The predicted molar refractivity (Wildman–Crippen MR) is 58.6 cm³/mol. The van der Waals surface area contributed by atoms with Crippen LogP contribution in [-0.4, -0.2) is 18.3 Å². The fourth-order valence-electron chi connectivity index (χ4n) is 2.12. The summed E-state index contributed by atoms with van der Waals surface area (Å²) in [5, 5.41) is 11.5. The quantitative estimate of drug-likeness (QED) is 0.795. The first-order chi connectivity index (χ1) is 7.71. The average molecular weight is 218 g/mol. The zero-order valence-corrected chi connectivity index (χ0v) is 8.61. The Balaban J connectivity index is 2.30. The molecule has 0 aliphatic carbocycles. The van der Waals surface area contributed by atoms with Crippen molar-refractivity contribution in [3.05, 3.63) is 47.8 Å². The van der Waals surface area contributed by atoms with Gasteiger partial charge in [-0.05, 0) is 17.0 Å². The van der Waals surface area contributed by atoms with Crippen LogP contribution >= 0.6 is 0 Å². The minimum absolute atomic E-state index is 0.261. The Bertz CT molecular complexity index is 547. The van der Waals surface area contributed by atoms with Crippen LogP contribution in [0.5, 0.6) is 0 Å². The second-order valence-electron chi connectivity index (χ2n) is 4.16. The van der Waals surface area contributed by atoms with E-state index in [1.54, 1.807) is 18.2 Å². The van der Waals surface area contributed by atoms with E-state index in [-0.39, 0.29) is 19.0 Å². The largest absolute Gasteiger partial charge is 0.380 e. The molecule has 1 saturated heterocycles. The van der Waals surface area contributed by atoms with Crippen molar-refractivity contribution in [1.82, 2.24) is 0 Å². The number of fused-ring (bicyclic) bond motifs is 1. The van der Waals surface area contributed by atoms with Gasteiger partial charge < -0.3 is 9.84 Å². The second-order valence-corrected chi connectivity index (χ2v) is 4.16. The van der Waals surface area contributed by atoms with Gasteiger partial charge in [-0.25, -0.2) is 4.39 Å². The van der Waals surface area contributed by atoms with E-state index >= 15 is 0 Å². The van der Waals surface area contributed by atoms with Crippen molar-refractivity contribution in [2.24, 2.45) is 0 Å². The molecule has 82 valence electrons. The van der Waals surface area contributed by atoms with Crippen molar-refractivity contribution >= 4 is 10.8 Å². The molecule has 1 aliphatic rings. The third-order valence-electron chi connectivity index (χ3n) is 3.05. The number of hydrogen-bond acceptors (Lipinski definition) is 2. The summed E-state index contributed by atoms with van der Waals surface area (Å²) >= 11 is 0. The van der Waals surface area contributed by atoms with Crippen LogP contribution in [0.2, 0.25) is 0 Å². The molecule has 3 rings (SSSR count). The molecular weight excluding hydrogens is 207 g/mol. The van der Waals surface area contributed by atoms with Gasteiger partial charge >= 0.3 is 0 Å². The van der Waals surface area contributed by atoms with Crippen molar-refractivity contribution in [3.8, 4) is 0 Å². The number of halogens is 1. The van der Waals surface area contributed by atoms with Gasteiger partial charge in [0.25, 0.3) is 0 Å². The molecule has 0 bridgehead atoms. The maximum Gasteiger partial charge on any atom is 0.137 e. The molecule has 1 aliphatic heterocycles. The second kappa shape index (κ2) is 3.27. The van der Waals surface area contributed by atoms with Crippen LogP contribution in [0.25, 0.3) is 10.8 Å². The number of benzene rings is 2. The van der Waals surface area contributed by atoms with Crippen molar-refractivity contribution in [2.45, 2.75) is 5.60 Å². The van der Waals surface area contributed by atoms with Crippen LogP contribution < -0.4 is 0 Å². The molecule has 1 N–H and O–H groups in total. The molecular formula is C13H11FO2. The Labute approximate surface area is 92.3 Å². The molecule has 16 heavy (non-hydrogen) atoms. The van der Waals surface area contributed by atoms with Gasteiger partial charge in [0.2, 0.25) is 0 Å². The highest BCUT2D eigenvalue weighted by molar-refractivity contribution is 5.87. The summed E-state index contributed by atoms with van der Waals surface area (Å²) in [6.07, 6.45) is 0. The lowest BCUT2D eigenvalue weighted by Crippen LogP contribution is -2.46. The van der Waals surface area contributed by atoms with E-state index in [4.69, 9.17) is 4.74 Å². The van der Waals surface area contributed by atoms with Gasteiger partial charge in [-0.2, -0.15) is 0 Å². The van der Waals surface area contributed by atoms with Crippen LogP contribution in [-0.2, 0) is 10.3 Å². The first kappa shape index (κ1) is 9.75. The highest BCUT2D eigenvalue weighted by atomic mass is 19.1. The van der Waals surface area contributed by atoms with Crippen molar-refractivity contribution in [3.63, 3.8) is 0 Å². The molecule has 2 aromatic carbocycles. The molecule has 0 saturated carbocycles. The zero-order chi connectivity index (χ0) is 11.2. The first-order valence-corrected chi connectivity index (χ1v) is 5.19. The van der Waals surface area contributed by atoms with E-state index < -0.39 is 5.60 Å². The molecule has 0 atom stereocenters. The minimum Gasteiger partial charge on any atom is -0.380 e. The number of rotatable bonds is 1. The van der Waals surface area contributed by atoms with E-state index in [9.17, 15) is 9.50 Å². The zero-order valence-electron chi connectivity index (χ0n) is 8.61. The molecule has 0 spiro atoms. The summed E-state index contributed by atoms with van der Waals surface area (Å²) in [7, 11) is 0. The normalized spacial score (nSPS) is 18.4. The minimum atomic E-state index is -0.951. The standard InChI is InChI=1S/C13H11FO2/c14-12-6-5-11(13(15)7-16-8-13)9-3-1-2-4-10(9)12/h1-6,15H,7-8H2. The smallest absolute Gasteiger partial charge is 0.137 e. The summed E-state index contributed by atoms with van der Waals surface area (Å²) < 4.78 is 18.6. The van der Waals surface area contributed by atoms with E-state index in [2.05, 4.69) is 0 Å². The Morgan fingerprint density at radius 1 is 1.06 bits per heavy atom. The van der Waals surface area contributed by atoms with Crippen molar-refractivity contribution in [2.75, 3.05) is 13.2 Å². The van der Waals surface area contributed by atoms with E-state index in [1.165, 1.54) is 6.07 Å². The maximum atomic E-state index is 13.6. The van der Waals surface area contributed by atoms with Crippen molar-refractivity contribution < 1.29 is 14.2 Å². The van der Waals surface area contributed by atoms with E-state index in [1.807, 2.05) is 12.1 Å². The fraction of sp³-hybridized carbons (Fsp3) is 0.231. The molecule has 0 amide bonds. The third kappa shape index (κ3) is 1.25. The van der Waals surface area contributed by atoms with Crippen LogP contribution in [0, 0.1) is 5.82 Å². The average Bonchev–Trinajstić information content (AvgIpc) is 2.27. The summed E-state index contributed by atoms with van der Waals surface area (Å²) in [4.78, 5) is 0. The molecule has 2 aromatic rings. The van der Waals surface area contributed by atoms with Gasteiger partial charge in [0, 0.05) is 5.39 Å². The highest BCUT2D eigenvalue weighted by Crippen LogP contribution is 2.35. The van der Waals surface area contributed by atoms with Crippen LogP contribution in [0.15, 0.2) is 36.4 Å². The fourth-order valence-corrected chi connectivity index (χ4v) is 2.12. The lowest BCUT2D eigenvalue weighted by atomic mass is 9.88. The number of ether oxygens (including phenoxy) is 1. The summed E-state index contributed by atoms with van der Waals surface area (Å²) in [5.74, 6) is -0.261. The van der Waals surface area contributed by atoms with Crippen LogP contribution in [0.1, 0.15) is 5.56 Å². The maximum absolute atomic E-state index is 13.6. The Hall–Kier alpha value is -1.45. The van der Waals surface area contributed by atoms with Crippen molar-refractivity contribution in [1.29, 1.82) is 0 Å². The molecule has 0 unspecified atom stereocenters. The van der Waals surface area contributed by atoms with Gasteiger partial charge in [-0.1, -0.05) is 30.3 Å². The van der Waals surface area contributed by atoms with Crippen LogP contribution in [0.3, 0.4) is 0 Å². The number of aliphatic hydroxyl groups is 1. The SMILES string of the molecule is OC1(c2ccc(F)c3ccccc23)COC1. The molecule has 3 heteroatoms. The molecule has 2 nitrogen and oxygen atoms in total. The lowest BCUT2D eigenvalue weighted by molar-refractivity contribution is -0.183. The Morgan fingerprint density at radius 2 is 1.75 bits per heavy atom.